The maximum Gasteiger partial charge on any atom is 0.297 e. The molecule has 0 amide bonds. The monoisotopic (exact) mass is 426 g/mol. The molecule has 1 heterocycles. The summed E-state index contributed by atoms with van der Waals surface area (Å²) in [6, 6.07) is 8.02. The van der Waals surface area contributed by atoms with Crippen LogP contribution in [0.2, 0.25) is 0 Å². The van der Waals surface area contributed by atoms with Crippen LogP contribution in [0.25, 0.3) is 0 Å². The lowest BCUT2D eigenvalue weighted by molar-refractivity contribution is -0.234. The molecule has 0 aromatic heterocycles. The Kier molecular flexibility index (Phi) is 6.28. The molecule has 1 fully saturated rings. The summed E-state index contributed by atoms with van der Waals surface area (Å²) in [4.78, 5) is 13.1. The van der Waals surface area contributed by atoms with Crippen molar-refractivity contribution in [1.29, 1.82) is 0 Å². The lowest BCUT2D eigenvalue weighted by Gasteiger charge is -2.48. The van der Waals surface area contributed by atoms with Crippen LogP contribution in [0, 0.1) is 5.92 Å². The van der Waals surface area contributed by atoms with Gasteiger partial charge in [-0.2, -0.15) is 0 Å². The van der Waals surface area contributed by atoms with Crippen LogP contribution in [0.5, 0.6) is 0 Å². The largest absolute Gasteiger partial charge is 0.508 e. The molecule has 0 bridgehead atoms. The first-order valence-corrected chi connectivity index (χ1v) is 10.3. The summed E-state index contributed by atoms with van der Waals surface area (Å²) < 4.78 is 5.71. The first-order valence-electron chi connectivity index (χ1n) is 10.3. The molecular formula is C25H30O6. The third-order valence-corrected chi connectivity index (χ3v) is 5.82. The lowest BCUT2D eigenvalue weighted by Crippen LogP contribution is -2.60. The number of carbonyl (C=O) groups is 1. The molecule has 0 spiro atoms. The Hall–Kier alpha value is -2.67. The van der Waals surface area contributed by atoms with Gasteiger partial charge < -0.3 is 25.2 Å². The zero-order valence-electron chi connectivity index (χ0n) is 18.3. The summed E-state index contributed by atoms with van der Waals surface area (Å²) in [6.07, 6.45) is 3.48. The molecule has 4 unspecified atom stereocenters. The zero-order chi connectivity index (χ0) is 23.0. The molecule has 1 aromatic carbocycles. The van der Waals surface area contributed by atoms with Gasteiger partial charge in [0.2, 0.25) is 5.78 Å². The van der Waals surface area contributed by atoms with Gasteiger partial charge in [0.15, 0.2) is 0 Å². The molecule has 1 aliphatic carbocycles. The molecule has 6 nitrogen and oxygen atoms in total. The Morgan fingerprint density at radius 3 is 2.26 bits per heavy atom. The van der Waals surface area contributed by atoms with Gasteiger partial charge in [-0.1, -0.05) is 53.6 Å². The number of hydrogen-bond donors (Lipinski definition) is 4. The van der Waals surface area contributed by atoms with Crippen LogP contribution in [0.3, 0.4) is 0 Å². The minimum absolute atomic E-state index is 0.0402. The van der Waals surface area contributed by atoms with E-state index in [0.29, 0.717) is 5.57 Å². The molecule has 4 atom stereocenters. The van der Waals surface area contributed by atoms with Crippen LogP contribution in [0.15, 0.2) is 76.8 Å². The minimum Gasteiger partial charge on any atom is -0.508 e. The molecule has 0 radical (unpaired) electrons. The maximum absolute atomic E-state index is 13.1. The fraction of sp³-hybridized carbons (Fsp3) is 0.400. The Labute approximate surface area is 182 Å². The Bertz CT molecular complexity index is 979. The van der Waals surface area contributed by atoms with E-state index in [2.05, 4.69) is 0 Å². The van der Waals surface area contributed by atoms with Crippen LogP contribution < -0.4 is 0 Å². The second kappa shape index (κ2) is 8.46. The number of fused-ring (bicyclic) bond motifs is 1. The van der Waals surface area contributed by atoms with Crippen molar-refractivity contribution in [3.8, 4) is 0 Å². The van der Waals surface area contributed by atoms with Crippen molar-refractivity contribution >= 4 is 5.78 Å². The van der Waals surface area contributed by atoms with Crippen LogP contribution in [0.1, 0.15) is 46.1 Å². The summed E-state index contributed by atoms with van der Waals surface area (Å²) >= 11 is 0. The number of ether oxygens (including phenoxy) is 1. The molecule has 6 heteroatoms. The van der Waals surface area contributed by atoms with Gasteiger partial charge in [0.25, 0.3) is 5.79 Å². The number of Topliss-reactive ketones (excluding diaryl/α,β-unsaturated/α-hetero) is 1. The fourth-order valence-corrected chi connectivity index (χ4v) is 4.10. The van der Waals surface area contributed by atoms with Crippen molar-refractivity contribution in [2.75, 3.05) is 0 Å². The van der Waals surface area contributed by atoms with E-state index in [1.807, 2.05) is 33.8 Å². The van der Waals surface area contributed by atoms with E-state index in [1.54, 1.807) is 24.3 Å². The number of hydrogen-bond acceptors (Lipinski definition) is 6. The average molecular weight is 427 g/mol. The molecule has 166 valence electrons. The van der Waals surface area contributed by atoms with Crippen molar-refractivity contribution in [1.82, 2.24) is 0 Å². The molecule has 0 saturated carbocycles. The van der Waals surface area contributed by atoms with Crippen molar-refractivity contribution in [3.63, 3.8) is 0 Å². The number of benzene rings is 1. The van der Waals surface area contributed by atoms with E-state index in [4.69, 9.17) is 4.74 Å². The SMILES string of the molecule is CC(C)=CCC1=C(O)C=C2OC(O)(c3ccccc3)C(=O)C(O)C2C1(O)CC=C(C)C. The summed E-state index contributed by atoms with van der Waals surface area (Å²) in [5, 5.41) is 44.6. The molecule has 1 saturated heterocycles. The maximum atomic E-state index is 13.1. The van der Waals surface area contributed by atoms with E-state index in [0.717, 1.165) is 11.1 Å². The highest BCUT2D eigenvalue weighted by atomic mass is 16.6. The molecule has 3 rings (SSSR count). The third-order valence-electron chi connectivity index (χ3n) is 5.82. The highest BCUT2D eigenvalue weighted by molar-refractivity contribution is 5.92. The van der Waals surface area contributed by atoms with E-state index in [1.165, 1.54) is 18.2 Å². The van der Waals surface area contributed by atoms with Crippen LogP contribution in [-0.4, -0.2) is 37.9 Å². The molecule has 31 heavy (non-hydrogen) atoms. The Morgan fingerprint density at radius 1 is 1.06 bits per heavy atom. The van der Waals surface area contributed by atoms with Crippen LogP contribution in [-0.2, 0) is 15.3 Å². The normalized spacial score (nSPS) is 30.2. The number of ketones is 1. The van der Waals surface area contributed by atoms with E-state index < -0.39 is 29.2 Å². The highest BCUT2D eigenvalue weighted by Crippen LogP contribution is 2.50. The first-order chi connectivity index (χ1) is 14.5. The number of aliphatic hydroxyl groups excluding tert-OH is 2. The predicted molar refractivity (Wildman–Crippen MR) is 117 cm³/mol. The average Bonchev–Trinajstić information content (AvgIpc) is 2.70. The third kappa shape index (κ3) is 4.11. The number of allylic oxidation sites excluding steroid dienone is 4. The van der Waals surface area contributed by atoms with Gasteiger partial charge in [0.05, 0.1) is 5.92 Å². The van der Waals surface area contributed by atoms with Gasteiger partial charge in [-0.15, -0.1) is 0 Å². The Balaban J connectivity index is 2.15. The molecule has 1 aromatic rings. The van der Waals surface area contributed by atoms with Gasteiger partial charge in [0, 0.05) is 17.2 Å². The van der Waals surface area contributed by atoms with Crippen LogP contribution in [0.4, 0.5) is 0 Å². The number of carbonyl (C=O) groups excluding carboxylic acids is 1. The number of rotatable bonds is 5. The highest BCUT2D eigenvalue weighted by Gasteiger charge is 2.60. The Morgan fingerprint density at radius 2 is 1.68 bits per heavy atom. The van der Waals surface area contributed by atoms with Gasteiger partial charge in [0.1, 0.15) is 23.2 Å². The van der Waals surface area contributed by atoms with E-state index in [9.17, 15) is 25.2 Å². The lowest BCUT2D eigenvalue weighted by atomic mass is 9.67. The fourth-order valence-electron chi connectivity index (χ4n) is 4.10. The standard InChI is InChI=1S/C25H30O6/c1-15(2)10-11-18-19(26)14-20-21(24(18,29)13-12-16(3)4)22(27)23(28)25(30,31-20)17-8-6-5-7-9-17/h5-10,12,14,21-22,26-27,29-30H,11,13H2,1-4H3. The molecule has 1 aliphatic heterocycles. The van der Waals surface area contributed by atoms with Crippen molar-refractivity contribution < 1.29 is 30.0 Å². The summed E-state index contributed by atoms with van der Waals surface area (Å²) in [5.41, 5.74) is 0.605. The van der Waals surface area contributed by atoms with Crippen molar-refractivity contribution in [3.05, 3.63) is 82.4 Å². The van der Waals surface area contributed by atoms with Crippen LogP contribution >= 0.6 is 0 Å². The quantitative estimate of drug-likeness (QED) is 0.537. The second-order valence-electron chi connectivity index (χ2n) is 8.70. The zero-order valence-corrected chi connectivity index (χ0v) is 18.3. The van der Waals surface area contributed by atoms with Gasteiger partial charge in [-0.3, -0.25) is 4.79 Å². The number of aliphatic hydroxyl groups is 4. The van der Waals surface area contributed by atoms with Crippen molar-refractivity contribution in [2.24, 2.45) is 5.92 Å². The molecule has 4 N–H and O–H groups in total. The summed E-state index contributed by atoms with van der Waals surface area (Å²) in [7, 11) is 0. The molecule has 2 aliphatic rings. The topological polar surface area (TPSA) is 107 Å². The van der Waals surface area contributed by atoms with Gasteiger partial charge in [-0.05, 0) is 40.5 Å². The van der Waals surface area contributed by atoms with E-state index in [-0.39, 0.29) is 29.9 Å². The van der Waals surface area contributed by atoms with Gasteiger partial charge >= 0.3 is 0 Å². The van der Waals surface area contributed by atoms with Crippen molar-refractivity contribution in [2.45, 2.75) is 58.0 Å². The minimum atomic E-state index is -2.42. The summed E-state index contributed by atoms with van der Waals surface area (Å²) in [5.74, 6) is -4.79. The van der Waals surface area contributed by atoms with Gasteiger partial charge in [-0.25, -0.2) is 0 Å². The first kappa shape index (κ1) is 23.0. The van der Waals surface area contributed by atoms with E-state index >= 15 is 0 Å². The predicted octanol–water partition coefficient (Wildman–Crippen LogP) is 3.56. The second-order valence-corrected chi connectivity index (χ2v) is 8.70. The molecular weight excluding hydrogens is 396 g/mol. The summed E-state index contributed by atoms with van der Waals surface area (Å²) in [6.45, 7) is 7.54. The smallest absolute Gasteiger partial charge is 0.297 e.